The molecule has 0 aliphatic heterocycles. The molecule has 1 heterocycles. The highest BCUT2D eigenvalue weighted by Gasteiger charge is 2.19. The summed E-state index contributed by atoms with van der Waals surface area (Å²) in [6.45, 7) is 2.54. The summed E-state index contributed by atoms with van der Waals surface area (Å²) in [5.74, 6) is 0.972. The number of furan rings is 1. The summed E-state index contributed by atoms with van der Waals surface area (Å²) in [7, 11) is 5.44. The topological polar surface area (TPSA) is 36.7 Å². The molecule has 0 aliphatic carbocycles. The van der Waals surface area contributed by atoms with Crippen molar-refractivity contribution >= 4 is 5.91 Å². The summed E-state index contributed by atoms with van der Waals surface area (Å²) in [4.78, 5) is 15.2. The van der Waals surface area contributed by atoms with Gasteiger partial charge in [-0.05, 0) is 26.1 Å². The van der Waals surface area contributed by atoms with Crippen molar-refractivity contribution in [3.05, 3.63) is 24.2 Å². The minimum atomic E-state index is -0.134. The Morgan fingerprint density at radius 3 is 2.60 bits per heavy atom. The van der Waals surface area contributed by atoms with Crippen LogP contribution in [0.15, 0.2) is 22.8 Å². The first kappa shape index (κ1) is 11.8. The molecule has 4 nitrogen and oxygen atoms in total. The van der Waals surface area contributed by atoms with Crippen LogP contribution in [0.25, 0.3) is 0 Å². The van der Waals surface area contributed by atoms with E-state index in [0.29, 0.717) is 6.54 Å². The second-order valence-corrected chi connectivity index (χ2v) is 3.90. The van der Waals surface area contributed by atoms with Gasteiger partial charge in [-0.1, -0.05) is 0 Å². The molecule has 0 spiro atoms. The maximum absolute atomic E-state index is 11.7. The zero-order valence-electron chi connectivity index (χ0n) is 9.73. The van der Waals surface area contributed by atoms with Crippen LogP contribution in [0.2, 0.25) is 0 Å². The van der Waals surface area contributed by atoms with Crippen LogP contribution in [0.3, 0.4) is 0 Å². The molecule has 1 amide bonds. The second-order valence-electron chi connectivity index (χ2n) is 3.90. The zero-order valence-corrected chi connectivity index (χ0v) is 9.73. The van der Waals surface area contributed by atoms with Crippen LogP contribution in [-0.4, -0.2) is 42.9 Å². The van der Waals surface area contributed by atoms with Crippen molar-refractivity contribution in [1.82, 2.24) is 9.80 Å². The molecule has 0 saturated carbocycles. The van der Waals surface area contributed by atoms with Crippen LogP contribution in [0.4, 0.5) is 0 Å². The van der Waals surface area contributed by atoms with Gasteiger partial charge in [0.05, 0.1) is 18.8 Å². The highest BCUT2D eigenvalue weighted by atomic mass is 16.3. The van der Waals surface area contributed by atoms with E-state index in [1.807, 2.05) is 31.0 Å². The van der Waals surface area contributed by atoms with Gasteiger partial charge in [0.25, 0.3) is 0 Å². The van der Waals surface area contributed by atoms with E-state index in [9.17, 15) is 4.79 Å². The molecule has 0 saturated heterocycles. The van der Waals surface area contributed by atoms with E-state index in [4.69, 9.17) is 4.42 Å². The number of hydrogen-bond acceptors (Lipinski definition) is 3. The van der Waals surface area contributed by atoms with Gasteiger partial charge < -0.3 is 9.32 Å². The molecule has 0 unspecified atom stereocenters. The molecule has 15 heavy (non-hydrogen) atoms. The van der Waals surface area contributed by atoms with Crippen LogP contribution in [0.1, 0.15) is 12.7 Å². The van der Waals surface area contributed by atoms with Crippen LogP contribution in [-0.2, 0) is 11.3 Å². The van der Waals surface area contributed by atoms with E-state index < -0.39 is 0 Å². The zero-order chi connectivity index (χ0) is 11.4. The van der Waals surface area contributed by atoms with Crippen molar-refractivity contribution in [2.45, 2.75) is 19.5 Å². The molecule has 84 valence electrons. The number of carbonyl (C=O) groups excluding carboxylic acids is 1. The minimum Gasteiger partial charge on any atom is -0.468 e. The van der Waals surface area contributed by atoms with Crippen LogP contribution < -0.4 is 0 Å². The van der Waals surface area contributed by atoms with Crippen LogP contribution >= 0.6 is 0 Å². The molecule has 0 N–H and O–H groups in total. The number of amides is 1. The Balaban J connectivity index is 2.53. The third-order valence-electron chi connectivity index (χ3n) is 2.44. The molecule has 4 heteroatoms. The number of likely N-dealkylation sites (N-methyl/N-ethyl adjacent to an activating group) is 2. The predicted octanol–water partition coefficient (Wildman–Crippen LogP) is 1.19. The molecular weight excluding hydrogens is 192 g/mol. The van der Waals surface area contributed by atoms with Crippen LogP contribution in [0, 0.1) is 0 Å². The molecule has 0 radical (unpaired) electrons. The lowest BCUT2D eigenvalue weighted by Crippen LogP contribution is -2.42. The highest BCUT2D eigenvalue weighted by Crippen LogP contribution is 2.07. The minimum absolute atomic E-state index is 0.101. The number of nitrogens with zero attached hydrogens (tertiary/aromatic N) is 2. The fourth-order valence-corrected chi connectivity index (χ4v) is 1.35. The molecule has 0 aliphatic rings. The summed E-state index contributed by atoms with van der Waals surface area (Å²) < 4.78 is 5.23. The van der Waals surface area contributed by atoms with Crippen molar-refractivity contribution in [1.29, 1.82) is 0 Å². The Bertz CT molecular complexity index is 306. The maximum Gasteiger partial charge on any atom is 0.239 e. The molecule has 1 rings (SSSR count). The summed E-state index contributed by atoms with van der Waals surface area (Å²) in [5, 5.41) is 0. The average Bonchev–Trinajstić information content (AvgIpc) is 2.67. The second kappa shape index (κ2) is 4.98. The molecule has 1 aromatic heterocycles. The lowest BCUT2D eigenvalue weighted by Gasteiger charge is -2.25. The Hall–Kier alpha value is -1.29. The third kappa shape index (κ3) is 3.09. The summed E-state index contributed by atoms with van der Waals surface area (Å²) in [6, 6.07) is 3.62. The Labute approximate surface area is 90.5 Å². The Kier molecular flexibility index (Phi) is 3.91. The van der Waals surface area contributed by atoms with Crippen molar-refractivity contribution in [2.75, 3.05) is 21.1 Å². The van der Waals surface area contributed by atoms with Gasteiger partial charge in [-0.2, -0.15) is 0 Å². The van der Waals surface area contributed by atoms with Gasteiger partial charge >= 0.3 is 0 Å². The van der Waals surface area contributed by atoms with Crippen molar-refractivity contribution < 1.29 is 9.21 Å². The van der Waals surface area contributed by atoms with E-state index in [1.54, 1.807) is 25.3 Å². The number of hydrogen-bond donors (Lipinski definition) is 0. The predicted molar refractivity (Wildman–Crippen MR) is 58.3 cm³/mol. The summed E-state index contributed by atoms with van der Waals surface area (Å²) in [5.41, 5.74) is 0. The smallest absolute Gasteiger partial charge is 0.239 e. The molecule has 0 fully saturated rings. The van der Waals surface area contributed by atoms with Gasteiger partial charge in [-0.25, -0.2) is 0 Å². The van der Waals surface area contributed by atoms with Gasteiger partial charge in [0.1, 0.15) is 5.76 Å². The Morgan fingerprint density at radius 2 is 2.13 bits per heavy atom. The van der Waals surface area contributed by atoms with Gasteiger partial charge in [0, 0.05) is 14.1 Å². The van der Waals surface area contributed by atoms with Crippen LogP contribution in [0.5, 0.6) is 0 Å². The first-order valence-electron chi connectivity index (χ1n) is 4.96. The fraction of sp³-hybridized carbons (Fsp3) is 0.545. The van der Waals surface area contributed by atoms with E-state index in [-0.39, 0.29) is 11.9 Å². The first-order chi connectivity index (χ1) is 7.02. The monoisotopic (exact) mass is 210 g/mol. The molecular formula is C11H18N2O2. The summed E-state index contributed by atoms with van der Waals surface area (Å²) >= 11 is 0. The third-order valence-corrected chi connectivity index (χ3v) is 2.44. The molecule has 0 bridgehead atoms. The van der Waals surface area contributed by atoms with E-state index in [1.165, 1.54) is 0 Å². The van der Waals surface area contributed by atoms with Gasteiger partial charge in [-0.15, -0.1) is 0 Å². The lowest BCUT2D eigenvalue weighted by molar-refractivity contribution is -0.133. The average molecular weight is 210 g/mol. The molecule has 0 aromatic carbocycles. The standard InChI is InChI=1S/C11H18N2O2/c1-9(11(14)12(2)3)13(4)8-10-6-5-7-15-10/h5-7,9H,8H2,1-4H3/t9-/m1/s1. The van der Waals surface area contributed by atoms with E-state index in [0.717, 1.165) is 5.76 Å². The number of rotatable bonds is 4. The van der Waals surface area contributed by atoms with Crippen molar-refractivity contribution in [3.8, 4) is 0 Å². The first-order valence-corrected chi connectivity index (χ1v) is 4.96. The summed E-state index contributed by atoms with van der Waals surface area (Å²) in [6.07, 6.45) is 1.64. The SMILES string of the molecule is C[C@H](C(=O)N(C)C)N(C)Cc1ccco1. The largest absolute Gasteiger partial charge is 0.468 e. The lowest BCUT2D eigenvalue weighted by atomic mass is 10.2. The fourth-order valence-electron chi connectivity index (χ4n) is 1.35. The molecule has 1 atom stereocenters. The normalized spacial score (nSPS) is 12.9. The highest BCUT2D eigenvalue weighted by molar-refractivity contribution is 5.80. The number of carbonyl (C=O) groups is 1. The van der Waals surface area contributed by atoms with E-state index in [2.05, 4.69) is 0 Å². The van der Waals surface area contributed by atoms with Gasteiger partial charge in [-0.3, -0.25) is 9.69 Å². The maximum atomic E-state index is 11.7. The Morgan fingerprint density at radius 1 is 1.47 bits per heavy atom. The van der Waals surface area contributed by atoms with Crippen molar-refractivity contribution in [2.24, 2.45) is 0 Å². The van der Waals surface area contributed by atoms with Gasteiger partial charge in [0.15, 0.2) is 0 Å². The van der Waals surface area contributed by atoms with Gasteiger partial charge in [0.2, 0.25) is 5.91 Å². The quantitative estimate of drug-likeness (QED) is 0.749. The van der Waals surface area contributed by atoms with Crippen molar-refractivity contribution in [3.63, 3.8) is 0 Å². The molecule has 1 aromatic rings. The van der Waals surface area contributed by atoms with E-state index >= 15 is 0 Å².